The van der Waals surface area contributed by atoms with Crippen LogP contribution in [0.15, 0.2) is 97.1 Å². The quantitative estimate of drug-likeness (QED) is 0.200. The van der Waals surface area contributed by atoms with Crippen LogP contribution in [0, 0.1) is 0 Å². The third kappa shape index (κ3) is 7.11. The molecule has 0 saturated carbocycles. The first kappa shape index (κ1) is 27.6. The fraction of sp³-hybridized carbons (Fsp3) is 0.0968. The summed E-state index contributed by atoms with van der Waals surface area (Å²) < 4.78 is 26.0. The van der Waals surface area contributed by atoms with E-state index in [9.17, 15) is 19.2 Å². The van der Waals surface area contributed by atoms with Gasteiger partial charge in [-0.15, -0.1) is 0 Å². The summed E-state index contributed by atoms with van der Waals surface area (Å²) in [7, 11) is 1.53. The first-order chi connectivity index (χ1) is 19.4. The molecule has 0 atom stereocenters. The normalized spacial score (nSPS) is 10.2. The third-order valence-corrected chi connectivity index (χ3v) is 5.50. The van der Waals surface area contributed by atoms with Crippen molar-refractivity contribution in [3.63, 3.8) is 0 Å². The van der Waals surface area contributed by atoms with Crippen LogP contribution >= 0.6 is 0 Å². The fourth-order valence-corrected chi connectivity index (χ4v) is 3.42. The minimum absolute atomic E-state index is 0.218. The lowest BCUT2D eigenvalue weighted by atomic mass is 10.2. The zero-order chi connectivity index (χ0) is 28.5. The number of ether oxygens (including phenoxy) is 5. The van der Waals surface area contributed by atoms with Gasteiger partial charge in [-0.3, -0.25) is 0 Å². The Bertz CT molecular complexity index is 1490. The molecule has 0 spiro atoms. The number of esters is 4. The number of rotatable bonds is 9. The van der Waals surface area contributed by atoms with Gasteiger partial charge in [-0.1, -0.05) is 0 Å². The predicted molar refractivity (Wildman–Crippen MR) is 143 cm³/mol. The summed E-state index contributed by atoms with van der Waals surface area (Å²) in [4.78, 5) is 49.0. The monoisotopic (exact) mass is 540 g/mol. The molecule has 0 amide bonds. The molecule has 0 aliphatic heterocycles. The average molecular weight is 541 g/mol. The second-order valence-electron chi connectivity index (χ2n) is 8.19. The minimum Gasteiger partial charge on any atom is -0.497 e. The highest BCUT2D eigenvalue weighted by molar-refractivity contribution is 5.94. The van der Waals surface area contributed by atoms with Gasteiger partial charge in [0.05, 0.1) is 36.0 Å². The summed E-state index contributed by atoms with van der Waals surface area (Å²) in [5.74, 6) is -0.919. The van der Waals surface area contributed by atoms with Crippen molar-refractivity contribution in [2.75, 3.05) is 13.7 Å². The number of benzene rings is 4. The minimum atomic E-state index is -0.634. The van der Waals surface area contributed by atoms with Crippen LogP contribution in [0.2, 0.25) is 0 Å². The van der Waals surface area contributed by atoms with Crippen molar-refractivity contribution in [2.24, 2.45) is 0 Å². The highest BCUT2D eigenvalue weighted by atomic mass is 16.5. The van der Waals surface area contributed by atoms with Gasteiger partial charge in [-0.05, 0) is 104 Å². The Labute approximate surface area is 229 Å². The molecule has 4 rings (SSSR count). The van der Waals surface area contributed by atoms with Crippen LogP contribution in [0.5, 0.6) is 23.0 Å². The van der Waals surface area contributed by atoms with Crippen LogP contribution < -0.4 is 18.9 Å². The van der Waals surface area contributed by atoms with Crippen LogP contribution in [0.3, 0.4) is 0 Å². The summed E-state index contributed by atoms with van der Waals surface area (Å²) in [6.07, 6.45) is 0. The van der Waals surface area contributed by atoms with Crippen LogP contribution in [0.4, 0.5) is 0 Å². The number of hydrogen-bond donors (Lipinski definition) is 0. The standard InChI is InChI=1S/C31H24O9/c1-3-37-28(32)20-6-14-25(15-7-20)38-30(34)22-10-18-27(19-11-22)40-31(35)23-8-16-26(17-9-23)39-29(33)21-4-12-24(36-2)13-5-21/h4-19H,3H2,1-2H3. The molecule has 0 aromatic heterocycles. The van der Waals surface area contributed by atoms with Crippen molar-refractivity contribution >= 4 is 23.9 Å². The summed E-state index contributed by atoms with van der Waals surface area (Å²) in [5.41, 5.74) is 1.16. The summed E-state index contributed by atoms with van der Waals surface area (Å²) >= 11 is 0. The van der Waals surface area contributed by atoms with E-state index in [1.807, 2.05) is 0 Å². The first-order valence-corrected chi connectivity index (χ1v) is 12.1. The Hall–Kier alpha value is -5.44. The second-order valence-corrected chi connectivity index (χ2v) is 8.19. The Morgan fingerprint density at radius 2 is 0.725 bits per heavy atom. The lowest BCUT2D eigenvalue weighted by molar-refractivity contribution is 0.0525. The summed E-state index contributed by atoms with van der Waals surface area (Å²) in [5, 5.41) is 0. The molecule has 202 valence electrons. The molecule has 0 radical (unpaired) electrons. The zero-order valence-corrected chi connectivity index (χ0v) is 21.6. The van der Waals surface area contributed by atoms with Gasteiger partial charge in [0.1, 0.15) is 23.0 Å². The van der Waals surface area contributed by atoms with Gasteiger partial charge in [0.15, 0.2) is 0 Å². The average Bonchev–Trinajstić information content (AvgIpc) is 2.98. The molecule has 0 N–H and O–H groups in total. The van der Waals surface area contributed by atoms with E-state index in [2.05, 4.69) is 0 Å². The zero-order valence-electron chi connectivity index (χ0n) is 21.6. The smallest absolute Gasteiger partial charge is 0.343 e. The van der Waals surface area contributed by atoms with Crippen molar-refractivity contribution in [2.45, 2.75) is 6.92 Å². The van der Waals surface area contributed by atoms with E-state index >= 15 is 0 Å². The van der Waals surface area contributed by atoms with Crippen LogP contribution in [0.25, 0.3) is 0 Å². The summed E-state index contributed by atoms with van der Waals surface area (Å²) in [6, 6.07) is 24.2. The van der Waals surface area contributed by atoms with Gasteiger partial charge >= 0.3 is 23.9 Å². The first-order valence-electron chi connectivity index (χ1n) is 12.1. The van der Waals surface area contributed by atoms with Crippen molar-refractivity contribution in [3.05, 3.63) is 119 Å². The van der Waals surface area contributed by atoms with Crippen LogP contribution in [-0.4, -0.2) is 37.6 Å². The van der Waals surface area contributed by atoms with E-state index in [4.69, 9.17) is 23.7 Å². The Morgan fingerprint density at radius 3 is 1.00 bits per heavy atom. The highest BCUT2D eigenvalue weighted by Gasteiger charge is 2.14. The Morgan fingerprint density at radius 1 is 0.450 bits per heavy atom. The summed E-state index contributed by atoms with van der Waals surface area (Å²) in [6.45, 7) is 1.97. The molecule has 0 heterocycles. The molecule has 9 heteroatoms. The largest absolute Gasteiger partial charge is 0.497 e. The molecule has 0 bridgehead atoms. The van der Waals surface area contributed by atoms with E-state index in [0.29, 0.717) is 16.9 Å². The lowest BCUT2D eigenvalue weighted by Gasteiger charge is -2.08. The van der Waals surface area contributed by atoms with Gasteiger partial charge in [-0.2, -0.15) is 0 Å². The Balaban J connectivity index is 1.30. The molecule has 4 aromatic carbocycles. The van der Waals surface area contributed by atoms with E-state index < -0.39 is 23.9 Å². The van der Waals surface area contributed by atoms with Gasteiger partial charge in [0.2, 0.25) is 0 Å². The Kier molecular flexibility index (Phi) is 8.88. The number of methoxy groups -OCH3 is 1. The van der Waals surface area contributed by atoms with Crippen molar-refractivity contribution < 1.29 is 42.9 Å². The molecule has 0 fully saturated rings. The highest BCUT2D eigenvalue weighted by Crippen LogP contribution is 2.20. The van der Waals surface area contributed by atoms with Crippen LogP contribution in [-0.2, 0) is 4.74 Å². The molecule has 0 saturated heterocycles. The van der Waals surface area contributed by atoms with Crippen LogP contribution in [0.1, 0.15) is 48.4 Å². The molecular formula is C31H24O9. The van der Waals surface area contributed by atoms with Crippen molar-refractivity contribution in [1.29, 1.82) is 0 Å². The molecule has 0 unspecified atom stereocenters. The van der Waals surface area contributed by atoms with Gasteiger partial charge in [0, 0.05) is 0 Å². The fourth-order valence-electron chi connectivity index (χ4n) is 3.42. The van der Waals surface area contributed by atoms with Crippen molar-refractivity contribution in [1.82, 2.24) is 0 Å². The maximum Gasteiger partial charge on any atom is 0.343 e. The van der Waals surface area contributed by atoms with E-state index in [1.165, 1.54) is 79.9 Å². The number of hydrogen-bond acceptors (Lipinski definition) is 9. The molecule has 0 aliphatic carbocycles. The van der Waals surface area contributed by atoms with Crippen molar-refractivity contribution in [3.8, 4) is 23.0 Å². The molecule has 0 aliphatic rings. The van der Waals surface area contributed by atoms with E-state index in [1.54, 1.807) is 31.2 Å². The topological polar surface area (TPSA) is 114 Å². The van der Waals surface area contributed by atoms with Gasteiger partial charge in [0.25, 0.3) is 0 Å². The maximum atomic E-state index is 12.5. The number of carbonyl (C=O) groups excluding carboxylic acids is 4. The third-order valence-electron chi connectivity index (χ3n) is 5.50. The SMILES string of the molecule is CCOC(=O)c1ccc(OC(=O)c2ccc(OC(=O)c3ccc(OC(=O)c4ccc(OC)cc4)cc3)cc2)cc1. The molecule has 40 heavy (non-hydrogen) atoms. The van der Waals surface area contributed by atoms with Gasteiger partial charge in [-0.25, -0.2) is 19.2 Å². The second kappa shape index (κ2) is 12.9. The van der Waals surface area contributed by atoms with Gasteiger partial charge < -0.3 is 23.7 Å². The number of carbonyl (C=O) groups is 4. The molecule has 4 aromatic rings. The molecule has 9 nitrogen and oxygen atoms in total. The predicted octanol–water partition coefficient (Wildman–Crippen LogP) is 5.53. The maximum absolute atomic E-state index is 12.5. The lowest BCUT2D eigenvalue weighted by Crippen LogP contribution is -2.11. The molecular weight excluding hydrogens is 516 g/mol. The van der Waals surface area contributed by atoms with E-state index in [0.717, 1.165) is 0 Å². The van der Waals surface area contributed by atoms with E-state index in [-0.39, 0.29) is 35.0 Å².